The van der Waals surface area contributed by atoms with Gasteiger partial charge in [-0.1, -0.05) is 124 Å². The Morgan fingerprint density at radius 2 is 1.42 bits per heavy atom. The first-order valence-electron chi connectivity index (χ1n) is 12.5. The summed E-state index contributed by atoms with van der Waals surface area (Å²) in [6, 6.07) is 31.0. The predicted molar refractivity (Wildman–Crippen MR) is 149 cm³/mol. The highest BCUT2D eigenvalue weighted by molar-refractivity contribution is 6.99. The lowest BCUT2D eigenvalue weighted by Crippen LogP contribution is -2.66. The van der Waals surface area contributed by atoms with Crippen molar-refractivity contribution in [2.45, 2.75) is 44.6 Å². The molecular weight excluding hydrogens is 462 g/mol. The van der Waals surface area contributed by atoms with Crippen LogP contribution in [-0.2, 0) is 20.6 Å². The smallest absolute Gasteiger partial charge is 0.261 e. The molecule has 1 heterocycles. The minimum Gasteiger partial charge on any atom is -0.404 e. The molecule has 1 amide bonds. The molecule has 4 rings (SSSR count). The van der Waals surface area contributed by atoms with E-state index in [2.05, 4.69) is 74.6 Å². The van der Waals surface area contributed by atoms with Gasteiger partial charge in [-0.2, -0.15) is 0 Å². The van der Waals surface area contributed by atoms with E-state index in [1.807, 2.05) is 60.7 Å². The summed E-state index contributed by atoms with van der Waals surface area (Å²) >= 11 is 0. The summed E-state index contributed by atoms with van der Waals surface area (Å²) in [5, 5.41) is 5.41. The van der Waals surface area contributed by atoms with Gasteiger partial charge in [0, 0.05) is 6.08 Å². The van der Waals surface area contributed by atoms with Crippen molar-refractivity contribution in [3.8, 4) is 0 Å². The molecule has 1 aliphatic heterocycles. The Morgan fingerprint density at radius 3 is 1.97 bits per heavy atom. The van der Waals surface area contributed by atoms with Crippen LogP contribution in [0.5, 0.6) is 0 Å². The lowest BCUT2D eigenvalue weighted by atomic mass is 10.1. The molecule has 186 valence electrons. The summed E-state index contributed by atoms with van der Waals surface area (Å²) in [5.41, 5.74) is 1.10. The van der Waals surface area contributed by atoms with Crippen LogP contribution in [0.25, 0.3) is 0 Å². The molecule has 2 atom stereocenters. The van der Waals surface area contributed by atoms with Crippen LogP contribution in [0.15, 0.2) is 115 Å². The van der Waals surface area contributed by atoms with Crippen LogP contribution in [0, 0.1) is 0 Å². The monoisotopic (exact) mass is 497 g/mol. The first-order chi connectivity index (χ1) is 17.4. The van der Waals surface area contributed by atoms with Crippen LogP contribution in [-0.4, -0.2) is 33.0 Å². The van der Waals surface area contributed by atoms with Crippen molar-refractivity contribution in [3.05, 3.63) is 121 Å². The average molecular weight is 498 g/mol. The third-order valence-corrected chi connectivity index (χ3v) is 11.5. The van der Waals surface area contributed by atoms with E-state index in [0.29, 0.717) is 13.2 Å². The van der Waals surface area contributed by atoms with Gasteiger partial charge in [-0.3, -0.25) is 4.79 Å². The highest BCUT2D eigenvalue weighted by Crippen LogP contribution is 2.36. The lowest BCUT2D eigenvalue weighted by Gasteiger charge is -2.42. The normalized spacial score (nSPS) is 18.4. The van der Waals surface area contributed by atoms with Crippen molar-refractivity contribution in [1.29, 1.82) is 0 Å². The van der Waals surface area contributed by atoms with Crippen molar-refractivity contribution in [2.75, 3.05) is 6.61 Å². The Bertz CT molecular complexity index is 1130. The predicted octanol–water partition coefficient (Wildman–Crippen LogP) is 4.76. The molecule has 0 aliphatic carbocycles. The summed E-state index contributed by atoms with van der Waals surface area (Å²) in [6.07, 6.45) is 7.14. The van der Waals surface area contributed by atoms with E-state index in [4.69, 9.17) is 9.16 Å². The number of hydrogen-bond acceptors (Lipinski definition) is 3. The maximum absolute atomic E-state index is 12.1. The Hall–Kier alpha value is -3.25. The summed E-state index contributed by atoms with van der Waals surface area (Å²) in [7, 11) is -2.61. The molecule has 0 unspecified atom stereocenters. The molecule has 0 spiro atoms. The van der Waals surface area contributed by atoms with Crippen molar-refractivity contribution in [2.24, 2.45) is 0 Å². The van der Waals surface area contributed by atoms with E-state index in [1.54, 1.807) is 6.08 Å². The van der Waals surface area contributed by atoms with E-state index in [-0.39, 0.29) is 23.1 Å². The van der Waals surface area contributed by atoms with Gasteiger partial charge < -0.3 is 14.5 Å². The van der Waals surface area contributed by atoms with Gasteiger partial charge in [-0.25, -0.2) is 0 Å². The molecule has 0 saturated carbocycles. The van der Waals surface area contributed by atoms with E-state index in [0.717, 1.165) is 5.56 Å². The molecule has 1 aliphatic rings. The fraction of sp³-hybridized carbons (Fsp3) is 0.258. The van der Waals surface area contributed by atoms with Gasteiger partial charge in [0.05, 0.1) is 19.3 Å². The van der Waals surface area contributed by atoms with Crippen molar-refractivity contribution < 1.29 is 14.0 Å². The second-order valence-electron chi connectivity index (χ2n) is 10.1. The Balaban J connectivity index is 1.53. The number of carbonyl (C=O) groups is 1. The van der Waals surface area contributed by atoms with Crippen LogP contribution in [0.1, 0.15) is 26.3 Å². The Morgan fingerprint density at radius 1 is 0.861 bits per heavy atom. The van der Waals surface area contributed by atoms with Gasteiger partial charge in [0.25, 0.3) is 8.32 Å². The van der Waals surface area contributed by atoms with Crippen molar-refractivity contribution >= 4 is 24.6 Å². The van der Waals surface area contributed by atoms with Gasteiger partial charge in [0.15, 0.2) is 0 Å². The molecule has 4 nitrogen and oxygen atoms in total. The summed E-state index contributed by atoms with van der Waals surface area (Å²) in [5.74, 6) is -0.114. The molecule has 3 aromatic rings. The fourth-order valence-corrected chi connectivity index (χ4v) is 9.32. The quantitative estimate of drug-likeness (QED) is 0.343. The third kappa shape index (κ3) is 5.93. The number of nitrogens with one attached hydrogen (secondary N) is 1. The molecule has 0 bridgehead atoms. The molecule has 3 aromatic carbocycles. The molecule has 0 radical (unpaired) electrons. The molecule has 0 aromatic heterocycles. The van der Waals surface area contributed by atoms with Crippen LogP contribution < -0.4 is 15.7 Å². The van der Waals surface area contributed by atoms with E-state index in [9.17, 15) is 4.79 Å². The van der Waals surface area contributed by atoms with Gasteiger partial charge in [0.1, 0.15) is 6.10 Å². The molecule has 36 heavy (non-hydrogen) atoms. The summed E-state index contributed by atoms with van der Waals surface area (Å²) in [4.78, 5) is 12.1. The van der Waals surface area contributed by atoms with Gasteiger partial charge in [-0.05, 0) is 27.1 Å². The maximum Gasteiger partial charge on any atom is 0.261 e. The summed E-state index contributed by atoms with van der Waals surface area (Å²) in [6.45, 7) is 7.72. The second kappa shape index (κ2) is 11.7. The first kappa shape index (κ1) is 25.8. The number of carbonyl (C=O) groups excluding carboxylic acids is 1. The average Bonchev–Trinajstić information content (AvgIpc) is 2.89. The number of ether oxygens (including phenoxy) is 1. The van der Waals surface area contributed by atoms with Gasteiger partial charge in [-0.15, -0.1) is 0 Å². The van der Waals surface area contributed by atoms with Gasteiger partial charge >= 0.3 is 0 Å². The highest BCUT2D eigenvalue weighted by Gasteiger charge is 2.49. The molecule has 1 N–H and O–H groups in total. The maximum atomic E-state index is 12.1. The highest BCUT2D eigenvalue weighted by atomic mass is 28.4. The Labute approximate surface area is 215 Å². The second-order valence-corrected chi connectivity index (χ2v) is 14.4. The van der Waals surface area contributed by atoms with Crippen LogP contribution in [0.3, 0.4) is 0 Å². The molecule has 5 heteroatoms. The number of hydrogen-bond donors (Lipinski definition) is 1. The van der Waals surface area contributed by atoms with Crippen LogP contribution in [0.2, 0.25) is 5.04 Å². The number of amides is 1. The van der Waals surface area contributed by atoms with Crippen molar-refractivity contribution in [3.63, 3.8) is 0 Å². The lowest BCUT2D eigenvalue weighted by molar-refractivity contribution is -0.118. The van der Waals surface area contributed by atoms with E-state index in [1.165, 1.54) is 10.4 Å². The van der Waals surface area contributed by atoms with Crippen LogP contribution in [0.4, 0.5) is 0 Å². The number of benzene rings is 3. The number of rotatable bonds is 9. The zero-order chi connectivity index (χ0) is 25.4. The SMILES string of the molecule is CC(C)(C)[Si](OC/C=C/[C@@H]1NC(=O)C=C[C@@H]1OCc1ccccc1)(c1ccccc1)c1ccccc1. The Kier molecular flexibility index (Phi) is 8.36. The van der Waals surface area contributed by atoms with E-state index < -0.39 is 8.32 Å². The minimum atomic E-state index is -2.61. The zero-order valence-corrected chi connectivity index (χ0v) is 22.3. The standard InChI is InChI=1S/C31H35NO3Si/c1-31(2,3)36(26-16-9-5-10-17-26,27-18-11-6-12-19-27)35-23-13-20-28-29(21-22-30(33)32-28)34-24-25-14-7-4-8-15-25/h4-22,28-29H,23-24H2,1-3H3,(H,32,33)/b20-13+/t28-,29-/m0/s1. The van der Waals surface area contributed by atoms with Crippen LogP contribution >= 0.6 is 0 Å². The fourth-order valence-electron chi connectivity index (χ4n) is 4.82. The molecule has 0 saturated heterocycles. The molecular formula is C31H35NO3Si. The van der Waals surface area contributed by atoms with Crippen molar-refractivity contribution in [1.82, 2.24) is 5.32 Å². The topological polar surface area (TPSA) is 47.6 Å². The first-order valence-corrected chi connectivity index (χ1v) is 14.4. The minimum absolute atomic E-state index is 0.0906. The summed E-state index contributed by atoms with van der Waals surface area (Å²) < 4.78 is 13.1. The third-order valence-electron chi connectivity index (χ3n) is 6.54. The van der Waals surface area contributed by atoms with Gasteiger partial charge in [0.2, 0.25) is 5.91 Å². The molecule has 0 fully saturated rings. The zero-order valence-electron chi connectivity index (χ0n) is 21.3. The van der Waals surface area contributed by atoms with E-state index >= 15 is 0 Å². The largest absolute Gasteiger partial charge is 0.404 e.